The third-order valence-electron chi connectivity index (χ3n) is 3.52. The van der Waals surface area contributed by atoms with E-state index in [4.69, 9.17) is 0 Å². The molecule has 1 aliphatic carbocycles. The van der Waals surface area contributed by atoms with E-state index in [9.17, 15) is 0 Å². The van der Waals surface area contributed by atoms with Gasteiger partial charge >= 0.3 is 0 Å². The van der Waals surface area contributed by atoms with Crippen LogP contribution in [0, 0.1) is 0 Å². The van der Waals surface area contributed by atoms with E-state index in [0.29, 0.717) is 12.0 Å². The van der Waals surface area contributed by atoms with Gasteiger partial charge in [0.05, 0.1) is 6.20 Å². The first-order valence-corrected chi connectivity index (χ1v) is 8.29. The van der Waals surface area contributed by atoms with Crippen LogP contribution in [-0.4, -0.2) is 30.7 Å². The lowest BCUT2D eigenvalue weighted by Crippen LogP contribution is -2.04. The second-order valence-electron chi connectivity index (χ2n) is 5.66. The smallest absolute Gasteiger partial charge is 0.191 e. The molecule has 3 rings (SSSR count). The maximum atomic E-state index is 4.39. The predicted octanol–water partition coefficient (Wildman–Crippen LogP) is 3.18. The molecule has 0 spiro atoms. The van der Waals surface area contributed by atoms with Gasteiger partial charge in [0.15, 0.2) is 5.16 Å². The van der Waals surface area contributed by atoms with Gasteiger partial charge in [-0.05, 0) is 31.2 Å². The average Bonchev–Trinajstić information content (AvgIpc) is 2.98. The number of aryl methyl sites for hydroxylation is 1. The molecular formula is C14H21N5S. The molecule has 0 radical (unpaired) electrons. The summed E-state index contributed by atoms with van der Waals surface area (Å²) >= 11 is 1.83. The van der Waals surface area contributed by atoms with E-state index in [0.717, 1.165) is 29.6 Å². The molecule has 0 aliphatic heterocycles. The van der Waals surface area contributed by atoms with Crippen molar-refractivity contribution in [2.24, 2.45) is 0 Å². The van der Waals surface area contributed by atoms with Crippen LogP contribution in [-0.2, 0) is 6.42 Å². The fraction of sp³-hybridized carbons (Fsp3) is 0.643. The van der Waals surface area contributed by atoms with E-state index in [1.54, 1.807) is 0 Å². The molecule has 2 aromatic rings. The van der Waals surface area contributed by atoms with Crippen molar-refractivity contribution in [2.45, 2.75) is 56.6 Å². The lowest BCUT2D eigenvalue weighted by atomic mass is 10.2. The van der Waals surface area contributed by atoms with Crippen molar-refractivity contribution in [2.75, 3.05) is 5.75 Å². The molecule has 1 N–H and O–H groups in total. The van der Waals surface area contributed by atoms with Crippen LogP contribution in [0.15, 0.2) is 17.6 Å². The van der Waals surface area contributed by atoms with E-state index in [1.165, 1.54) is 18.4 Å². The summed E-state index contributed by atoms with van der Waals surface area (Å²) < 4.78 is 2.37. The maximum Gasteiger partial charge on any atom is 0.191 e. The predicted molar refractivity (Wildman–Crippen MR) is 80.0 cm³/mol. The molecule has 1 saturated carbocycles. The summed E-state index contributed by atoms with van der Waals surface area (Å²) in [6.07, 6.45) is 8.62. The van der Waals surface area contributed by atoms with Crippen LogP contribution in [0.5, 0.6) is 0 Å². The SMILES string of the molecule is CC(C)c1nnc(SCCCc2cn[nH]c2)n1C1CC1. The molecule has 0 unspecified atom stereocenters. The van der Waals surface area contributed by atoms with Crippen LogP contribution in [0.2, 0.25) is 0 Å². The van der Waals surface area contributed by atoms with Crippen molar-refractivity contribution in [1.82, 2.24) is 25.0 Å². The highest BCUT2D eigenvalue weighted by Crippen LogP contribution is 2.40. The molecule has 20 heavy (non-hydrogen) atoms. The lowest BCUT2D eigenvalue weighted by Gasteiger charge is -2.10. The Balaban J connectivity index is 1.57. The van der Waals surface area contributed by atoms with Gasteiger partial charge in [0.1, 0.15) is 5.82 Å². The number of rotatable bonds is 7. The fourth-order valence-electron chi connectivity index (χ4n) is 2.31. The summed E-state index contributed by atoms with van der Waals surface area (Å²) in [6, 6.07) is 0.652. The molecule has 6 heteroatoms. The second kappa shape index (κ2) is 5.99. The Kier molecular flexibility index (Phi) is 4.10. The third-order valence-corrected chi connectivity index (χ3v) is 4.54. The quantitative estimate of drug-likeness (QED) is 0.628. The Hall–Kier alpha value is -1.30. The number of H-pyrrole nitrogens is 1. The zero-order valence-electron chi connectivity index (χ0n) is 12.0. The summed E-state index contributed by atoms with van der Waals surface area (Å²) in [4.78, 5) is 0. The Bertz CT molecular complexity index is 542. The van der Waals surface area contributed by atoms with E-state index in [1.807, 2.05) is 24.2 Å². The van der Waals surface area contributed by atoms with E-state index < -0.39 is 0 Å². The number of thioether (sulfide) groups is 1. The largest absolute Gasteiger partial charge is 0.303 e. The molecule has 0 atom stereocenters. The highest BCUT2D eigenvalue weighted by Gasteiger charge is 2.30. The maximum absolute atomic E-state index is 4.39. The van der Waals surface area contributed by atoms with Gasteiger partial charge in [0, 0.05) is 23.9 Å². The first-order chi connectivity index (χ1) is 9.75. The molecule has 108 valence electrons. The van der Waals surface area contributed by atoms with Crippen molar-refractivity contribution >= 4 is 11.8 Å². The molecule has 2 heterocycles. The minimum absolute atomic E-state index is 0.448. The third kappa shape index (κ3) is 3.06. The van der Waals surface area contributed by atoms with Crippen LogP contribution in [0.25, 0.3) is 0 Å². The molecule has 0 saturated heterocycles. The molecule has 1 aliphatic rings. The Morgan fingerprint density at radius 1 is 1.40 bits per heavy atom. The fourth-order valence-corrected chi connectivity index (χ4v) is 3.26. The van der Waals surface area contributed by atoms with Crippen LogP contribution in [0.1, 0.15) is 56.5 Å². The van der Waals surface area contributed by atoms with E-state index in [-0.39, 0.29) is 0 Å². The minimum atomic E-state index is 0.448. The summed E-state index contributed by atoms with van der Waals surface area (Å²) in [6.45, 7) is 4.38. The zero-order valence-corrected chi connectivity index (χ0v) is 12.9. The summed E-state index contributed by atoms with van der Waals surface area (Å²) in [5.41, 5.74) is 1.28. The molecule has 5 nitrogen and oxygen atoms in total. The van der Waals surface area contributed by atoms with Crippen molar-refractivity contribution in [3.8, 4) is 0 Å². The van der Waals surface area contributed by atoms with Gasteiger partial charge in [0.25, 0.3) is 0 Å². The number of aromatic amines is 1. The molecule has 0 bridgehead atoms. The van der Waals surface area contributed by atoms with Crippen molar-refractivity contribution in [3.05, 3.63) is 23.8 Å². The highest BCUT2D eigenvalue weighted by molar-refractivity contribution is 7.99. The Labute approximate surface area is 123 Å². The Morgan fingerprint density at radius 2 is 2.25 bits per heavy atom. The van der Waals surface area contributed by atoms with Gasteiger partial charge in [0.2, 0.25) is 0 Å². The van der Waals surface area contributed by atoms with Gasteiger partial charge in [-0.3, -0.25) is 5.10 Å². The van der Waals surface area contributed by atoms with Crippen LogP contribution < -0.4 is 0 Å². The number of nitrogens with zero attached hydrogens (tertiary/aromatic N) is 4. The summed E-state index contributed by atoms with van der Waals surface area (Å²) in [5, 5.41) is 16.7. The van der Waals surface area contributed by atoms with Crippen LogP contribution in [0.4, 0.5) is 0 Å². The molecule has 0 amide bonds. The molecule has 0 aromatic carbocycles. The summed E-state index contributed by atoms with van der Waals surface area (Å²) in [5.74, 6) is 2.67. The van der Waals surface area contributed by atoms with Gasteiger partial charge in [-0.1, -0.05) is 25.6 Å². The van der Waals surface area contributed by atoms with Crippen molar-refractivity contribution in [1.29, 1.82) is 0 Å². The number of nitrogens with one attached hydrogen (secondary N) is 1. The Morgan fingerprint density at radius 3 is 2.90 bits per heavy atom. The van der Waals surface area contributed by atoms with Gasteiger partial charge < -0.3 is 4.57 Å². The van der Waals surface area contributed by atoms with E-state index >= 15 is 0 Å². The van der Waals surface area contributed by atoms with Crippen LogP contribution >= 0.6 is 11.8 Å². The average molecular weight is 291 g/mol. The normalized spacial score (nSPS) is 15.2. The van der Waals surface area contributed by atoms with Crippen molar-refractivity contribution < 1.29 is 0 Å². The zero-order chi connectivity index (χ0) is 13.9. The first kappa shape index (κ1) is 13.7. The van der Waals surface area contributed by atoms with Crippen molar-refractivity contribution in [3.63, 3.8) is 0 Å². The standard InChI is InChI=1S/C14H21N5S/c1-10(2)13-17-18-14(19(13)12-5-6-12)20-7-3-4-11-8-15-16-9-11/h8-10,12H,3-7H2,1-2H3,(H,15,16). The highest BCUT2D eigenvalue weighted by atomic mass is 32.2. The number of aromatic nitrogens is 5. The second-order valence-corrected chi connectivity index (χ2v) is 6.72. The topological polar surface area (TPSA) is 59.4 Å². The molecule has 2 aromatic heterocycles. The van der Waals surface area contributed by atoms with Gasteiger partial charge in [-0.15, -0.1) is 10.2 Å². The van der Waals surface area contributed by atoms with Crippen LogP contribution in [0.3, 0.4) is 0 Å². The van der Waals surface area contributed by atoms with Gasteiger partial charge in [-0.25, -0.2) is 0 Å². The number of hydrogen-bond donors (Lipinski definition) is 1. The minimum Gasteiger partial charge on any atom is -0.303 e. The van der Waals surface area contributed by atoms with E-state index in [2.05, 4.69) is 38.8 Å². The summed E-state index contributed by atoms with van der Waals surface area (Å²) in [7, 11) is 0. The lowest BCUT2D eigenvalue weighted by molar-refractivity contribution is 0.599. The molecular weight excluding hydrogens is 270 g/mol. The van der Waals surface area contributed by atoms with Gasteiger partial charge in [-0.2, -0.15) is 5.10 Å². The monoisotopic (exact) mass is 291 g/mol. The first-order valence-electron chi connectivity index (χ1n) is 7.31. The molecule has 1 fully saturated rings. The number of hydrogen-bond acceptors (Lipinski definition) is 4.